The number of aromatic amines is 1. The van der Waals surface area contributed by atoms with Gasteiger partial charge in [0.05, 0.1) is 10.7 Å². The molecular weight excluding hydrogens is 412 g/mol. The standard InChI is InChI=1S/C19H18N4O4S2/c1-3-8-22-18(25)15-10-14(4-2)29-17(15)21-19(22)28-11-16(24)20-12-6-5-7-13(9-12)23(26)27/h3,5-7,9-10H,1,4,8,11H2,2H3,(H,20,24)/p+1. The predicted molar refractivity (Wildman–Crippen MR) is 115 cm³/mol. The fourth-order valence-corrected chi connectivity index (χ4v) is 4.59. The van der Waals surface area contributed by atoms with Gasteiger partial charge in [-0.3, -0.25) is 14.9 Å². The molecule has 0 radical (unpaired) electrons. The number of benzene rings is 1. The van der Waals surface area contributed by atoms with Crippen LogP contribution in [0.4, 0.5) is 11.4 Å². The van der Waals surface area contributed by atoms with Gasteiger partial charge >= 0.3 is 10.7 Å². The van der Waals surface area contributed by atoms with E-state index in [1.165, 1.54) is 41.3 Å². The van der Waals surface area contributed by atoms with Crippen molar-refractivity contribution in [2.75, 3.05) is 11.1 Å². The number of H-pyrrole nitrogens is 1. The van der Waals surface area contributed by atoms with Gasteiger partial charge in [-0.15, -0.1) is 0 Å². The molecule has 29 heavy (non-hydrogen) atoms. The molecule has 0 saturated heterocycles. The molecule has 0 bridgehead atoms. The van der Waals surface area contributed by atoms with Crippen LogP contribution in [0.2, 0.25) is 0 Å². The maximum absolute atomic E-state index is 12.8. The van der Waals surface area contributed by atoms with E-state index in [0.29, 0.717) is 22.8 Å². The van der Waals surface area contributed by atoms with Crippen molar-refractivity contribution < 1.29 is 14.7 Å². The van der Waals surface area contributed by atoms with Gasteiger partial charge in [0.25, 0.3) is 5.69 Å². The number of nitrogens with zero attached hydrogens (tertiary/aromatic N) is 2. The number of thiophene rings is 1. The van der Waals surface area contributed by atoms with Crippen LogP contribution < -0.4 is 15.9 Å². The Morgan fingerprint density at radius 1 is 1.45 bits per heavy atom. The van der Waals surface area contributed by atoms with Crippen molar-refractivity contribution in [3.05, 3.63) is 68.3 Å². The number of rotatable bonds is 8. The summed E-state index contributed by atoms with van der Waals surface area (Å²) < 4.78 is 1.55. The van der Waals surface area contributed by atoms with E-state index in [9.17, 15) is 19.7 Å². The number of aryl methyl sites for hydroxylation is 1. The van der Waals surface area contributed by atoms with Gasteiger partial charge in [0, 0.05) is 22.7 Å². The molecular formula is C19H19N4O4S2+. The minimum atomic E-state index is -0.520. The van der Waals surface area contributed by atoms with Crippen molar-refractivity contribution in [2.45, 2.75) is 25.0 Å². The summed E-state index contributed by atoms with van der Waals surface area (Å²) in [5, 5.41) is 14.7. The summed E-state index contributed by atoms with van der Waals surface area (Å²) in [6.07, 6.45) is 2.46. The fraction of sp³-hybridized carbons (Fsp3) is 0.211. The number of anilines is 1. The molecule has 0 saturated carbocycles. The summed E-state index contributed by atoms with van der Waals surface area (Å²) in [5.74, 6) is -0.296. The molecule has 0 aliphatic carbocycles. The lowest BCUT2D eigenvalue weighted by Gasteiger charge is -2.05. The number of non-ortho nitro benzene ring substituents is 1. The molecule has 0 unspecified atom stereocenters. The van der Waals surface area contributed by atoms with Crippen molar-refractivity contribution in [3.63, 3.8) is 0 Å². The Morgan fingerprint density at radius 2 is 2.24 bits per heavy atom. The number of carbonyl (C=O) groups is 1. The summed E-state index contributed by atoms with van der Waals surface area (Å²) in [6, 6.07) is 7.63. The first-order chi connectivity index (χ1) is 13.9. The quantitative estimate of drug-likeness (QED) is 0.194. The van der Waals surface area contributed by atoms with Gasteiger partial charge in [-0.2, -0.15) is 4.57 Å². The van der Waals surface area contributed by atoms with Gasteiger partial charge in [-0.05, 0) is 30.3 Å². The molecule has 2 N–H and O–H groups in total. The van der Waals surface area contributed by atoms with E-state index >= 15 is 0 Å². The largest absolute Gasteiger partial charge is 0.347 e. The van der Waals surface area contributed by atoms with E-state index in [-0.39, 0.29) is 22.9 Å². The molecule has 0 aliphatic heterocycles. The zero-order chi connectivity index (χ0) is 21.0. The molecule has 0 fully saturated rings. The highest BCUT2D eigenvalue weighted by Gasteiger charge is 2.21. The molecule has 1 aromatic carbocycles. The Labute approximate surface area is 174 Å². The molecule has 2 heterocycles. The summed E-state index contributed by atoms with van der Waals surface area (Å²) in [6.45, 7) is 6.04. The smallest absolute Gasteiger partial charge is 0.325 e. The summed E-state index contributed by atoms with van der Waals surface area (Å²) in [4.78, 5) is 40.6. The average molecular weight is 432 g/mol. The number of nitro benzene ring substituents is 1. The van der Waals surface area contributed by atoms with E-state index < -0.39 is 4.92 Å². The number of thioether (sulfide) groups is 1. The Morgan fingerprint density at radius 3 is 2.93 bits per heavy atom. The van der Waals surface area contributed by atoms with Crippen molar-refractivity contribution in [1.29, 1.82) is 0 Å². The third kappa shape index (κ3) is 4.72. The Hall–Kier alpha value is -2.98. The minimum Gasteiger partial charge on any atom is -0.325 e. The summed E-state index contributed by atoms with van der Waals surface area (Å²) in [7, 11) is 0. The monoisotopic (exact) mass is 431 g/mol. The van der Waals surface area contributed by atoms with Crippen LogP contribution >= 0.6 is 23.1 Å². The number of hydrogen-bond donors (Lipinski definition) is 1. The SMILES string of the molecule is C=CCn1c(SCC(=O)Nc2cccc([N+](=O)[O-])c2)[nH+]c2sc(CC)cc2c1=O. The highest BCUT2D eigenvalue weighted by molar-refractivity contribution is 7.99. The molecule has 8 nitrogen and oxygen atoms in total. The lowest BCUT2D eigenvalue weighted by molar-refractivity contribution is -0.404. The first-order valence-corrected chi connectivity index (χ1v) is 10.6. The topological polar surface area (TPSA) is 108 Å². The first kappa shape index (κ1) is 20.7. The van der Waals surface area contributed by atoms with Crippen LogP contribution in [0.3, 0.4) is 0 Å². The molecule has 0 aliphatic rings. The molecule has 0 spiro atoms. The Balaban J connectivity index is 1.80. The number of allylic oxidation sites excluding steroid dienone is 1. The van der Waals surface area contributed by atoms with Crippen LogP contribution in [0.25, 0.3) is 10.2 Å². The van der Waals surface area contributed by atoms with Crippen molar-refractivity contribution in [3.8, 4) is 0 Å². The van der Waals surface area contributed by atoms with Crippen molar-refractivity contribution in [2.24, 2.45) is 0 Å². The number of nitro groups is 1. The number of nitrogens with one attached hydrogen (secondary N) is 2. The number of carbonyl (C=O) groups excluding carboxylic acids is 1. The van der Waals surface area contributed by atoms with Crippen LogP contribution in [0.5, 0.6) is 0 Å². The van der Waals surface area contributed by atoms with E-state index in [2.05, 4.69) is 16.9 Å². The van der Waals surface area contributed by atoms with Crippen molar-refractivity contribution in [1.82, 2.24) is 4.57 Å². The average Bonchev–Trinajstić information content (AvgIpc) is 3.12. The number of amides is 1. The van der Waals surface area contributed by atoms with E-state index in [0.717, 1.165) is 16.1 Å². The van der Waals surface area contributed by atoms with Crippen LogP contribution in [0.1, 0.15) is 11.8 Å². The third-order valence-corrected chi connectivity index (χ3v) is 6.26. The maximum Gasteiger partial charge on any atom is 0.347 e. The van der Waals surface area contributed by atoms with Crippen LogP contribution in [0, 0.1) is 10.1 Å². The van der Waals surface area contributed by atoms with Gasteiger partial charge in [0.1, 0.15) is 11.9 Å². The molecule has 3 aromatic rings. The Bertz CT molecular complexity index is 1150. The number of fused-ring (bicyclic) bond motifs is 1. The van der Waals surface area contributed by atoms with E-state index in [4.69, 9.17) is 0 Å². The van der Waals surface area contributed by atoms with Gasteiger partial charge in [-0.25, -0.2) is 9.78 Å². The molecule has 1 amide bonds. The third-order valence-electron chi connectivity index (χ3n) is 4.07. The number of aromatic nitrogens is 2. The van der Waals surface area contributed by atoms with E-state index in [1.807, 2.05) is 13.0 Å². The highest BCUT2D eigenvalue weighted by Crippen LogP contribution is 2.23. The molecule has 0 atom stereocenters. The fourth-order valence-electron chi connectivity index (χ4n) is 2.71. The van der Waals surface area contributed by atoms with Gasteiger partial charge in [-0.1, -0.05) is 37.0 Å². The molecule has 10 heteroatoms. The Kier molecular flexibility index (Phi) is 6.45. The second-order valence-corrected chi connectivity index (χ2v) is 8.19. The van der Waals surface area contributed by atoms with Gasteiger partial charge in [0.2, 0.25) is 5.91 Å². The van der Waals surface area contributed by atoms with Gasteiger partial charge in [0.15, 0.2) is 4.83 Å². The second kappa shape index (κ2) is 9.01. The van der Waals surface area contributed by atoms with Crippen molar-refractivity contribution >= 4 is 50.6 Å². The van der Waals surface area contributed by atoms with E-state index in [1.54, 1.807) is 16.7 Å². The second-order valence-electron chi connectivity index (χ2n) is 6.09. The maximum atomic E-state index is 12.8. The minimum absolute atomic E-state index is 0.0350. The number of hydrogen-bond acceptors (Lipinski definition) is 6. The van der Waals surface area contributed by atoms with Crippen LogP contribution in [-0.4, -0.2) is 21.2 Å². The zero-order valence-corrected chi connectivity index (χ0v) is 17.3. The molecule has 2 aromatic heterocycles. The van der Waals surface area contributed by atoms with Crippen LogP contribution in [-0.2, 0) is 17.8 Å². The molecule has 3 rings (SSSR count). The summed E-state index contributed by atoms with van der Waals surface area (Å²) >= 11 is 2.71. The summed E-state index contributed by atoms with van der Waals surface area (Å²) in [5.41, 5.74) is 0.119. The van der Waals surface area contributed by atoms with Crippen LogP contribution in [0.15, 0.2) is 52.9 Å². The zero-order valence-electron chi connectivity index (χ0n) is 15.6. The normalized spacial score (nSPS) is 10.8. The predicted octanol–water partition coefficient (Wildman–Crippen LogP) is 3.26. The molecule has 150 valence electrons. The lowest BCUT2D eigenvalue weighted by atomic mass is 10.3. The first-order valence-electron chi connectivity index (χ1n) is 8.79. The van der Waals surface area contributed by atoms with Gasteiger partial charge < -0.3 is 5.32 Å². The highest BCUT2D eigenvalue weighted by atomic mass is 32.2. The lowest BCUT2D eigenvalue weighted by Crippen LogP contribution is -2.29.